The summed E-state index contributed by atoms with van der Waals surface area (Å²) in [5.41, 5.74) is 6.99. The Kier molecular flexibility index (Phi) is 2.46. The summed E-state index contributed by atoms with van der Waals surface area (Å²) in [6, 6.07) is 0. The second-order valence-corrected chi connectivity index (χ2v) is 3.13. The summed E-state index contributed by atoms with van der Waals surface area (Å²) < 4.78 is 0. The van der Waals surface area contributed by atoms with E-state index in [0.717, 1.165) is 13.0 Å². The summed E-state index contributed by atoms with van der Waals surface area (Å²) in [7, 11) is 0. The molecule has 0 spiro atoms. The lowest BCUT2D eigenvalue weighted by Crippen LogP contribution is -2.44. The highest BCUT2D eigenvalue weighted by Gasteiger charge is 2.18. The zero-order valence-electron chi connectivity index (χ0n) is 6.56. The van der Waals surface area contributed by atoms with Gasteiger partial charge in [-0.15, -0.1) is 0 Å². The van der Waals surface area contributed by atoms with E-state index in [9.17, 15) is 0 Å². The van der Waals surface area contributed by atoms with Crippen LogP contribution in [0.5, 0.6) is 0 Å². The van der Waals surface area contributed by atoms with Crippen molar-refractivity contribution in [3.63, 3.8) is 0 Å². The third-order valence-electron chi connectivity index (χ3n) is 2.13. The van der Waals surface area contributed by atoms with Crippen LogP contribution in [-0.2, 0) is 0 Å². The Morgan fingerprint density at radius 2 is 2.40 bits per heavy atom. The minimum absolute atomic E-state index is 0.190. The Hall–Kier alpha value is -0.340. The van der Waals surface area contributed by atoms with Crippen molar-refractivity contribution in [2.45, 2.75) is 25.9 Å². The van der Waals surface area contributed by atoms with Gasteiger partial charge in [-0.05, 0) is 32.2 Å². The first-order chi connectivity index (χ1) is 4.70. The molecule has 1 saturated heterocycles. The van der Waals surface area contributed by atoms with Gasteiger partial charge in [-0.25, -0.2) is 0 Å². The van der Waals surface area contributed by atoms with Gasteiger partial charge in [0.15, 0.2) is 0 Å². The molecule has 3 N–H and O–H groups in total. The van der Waals surface area contributed by atoms with Gasteiger partial charge >= 0.3 is 0 Å². The molecule has 1 rings (SSSR count). The van der Waals surface area contributed by atoms with Gasteiger partial charge in [-0.2, -0.15) is 0 Å². The third kappa shape index (κ3) is 1.82. The smallest absolute Gasteiger partial charge is 0.0552 e. The SMILES string of the molecule is C=C(C)C1CCNC(N)C1. The van der Waals surface area contributed by atoms with Crippen LogP contribution < -0.4 is 11.1 Å². The number of hydrogen-bond donors (Lipinski definition) is 2. The van der Waals surface area contributed by atoms with Crippen molar-refractivity contribution in [1.82, 2.24) is 5.32 Å². The number of nitrogens with two attached hydrogens (primary N) is 1. The van der Waals surface area contributed by atoms with Crippen molar-refractivity contribution in [3.05, 3.63) is 12.2 Å². The van der Waals surface area contributed by atoms with Gasteiger partial charge in [0, 0.05) is 0 Å². The molecule has 0 aliphatic carbocycles. The molecule has 1 fully saturated rings. The summed E-state index contributed by atoms with van der Waals surface area (Å²) in [5.74, 6) is 0.649. The van der Waals surface area contributed by atoms with E-state index in [4.69, 9.17) is 5.73 Å². The van der Waals surface area contributed by atoms with Crippen LogP contribution in [-0.4, -0.2) is 12.7 Å². The molecule has 1 aliphatic rings. The number of allylic oxidation sites excluding steroid dienone is 1. The first-order valence-electron chi connectivity index (χ1n) is 3.84. The van der Waals surface area contributed by atoms with E-state index in [-0.39, 0.29) is 6.17 Å². The molecule has 2 atom stereocenters. The highest BCUT2D eigenvalue weighted by atomic mass is 15.0. The summed E-state index contributed by atoms with van der Waals surface area (Å²) in [5, 5.41) is 3.20. The van der Waals surface area contributed by atoms with Crippen molar-refractivity contribution in [3.8, 4) is 0 Å². The van der Waals surface area contributed by atoms with Crippen LogP contribution in [0.25, 0.3) is 0 Å². The molecule has 0 aromatic heterocycles. The quantitative estimate of drug-likeness (QED) is 0.530. The van der Waals surface area contributed by atoms with E-state index in [0.29, 0.717) is 5.92 Å². The second kappa shape index (κ2) is 3.17. The van der Waals surface area contributed by atoms with Crippen LogP contribution in [0.15, 0.2) is 12.2 Å². The molecule has 0 bridgehead atoms. The normalized spacial score (nSPS) is 33.8. The maximum atomic E-state index is 5.71. The number of rotatable bonds is 1. The maximum Gasteiger partial charge on any atom is 0.0552 e. The molecule has 1 aliphatic heterocycles. The van der Waals surface area contributed by atoms with Crippen LogP contribution in [0.4, 0.5) is 0 Å². The van der Waals surface area contributed by atoms with Crippen molar-refractivity contribution in [1.29, 1.82) is 0 Å². The molecule has 2 nitrogen and oxygen atoms in total. The molecule has 58 valence electrons. The molecule has 0 aromatic rings. The van der Waals surface area contributed by atoms with Gasteiger partial charge in [-0.1, -0.05) is 12.2 Å². The van der Waals surface area contributed by atoms with E-state index < -0.39 is 0 Å². The largest absolute Gasteiger partial charge is 0.316 e. The summed E-state index contributed by atoms with van der Waals surface area (Å²) >= 11 is 0. The standard InChI is InChI=1S/C8H16N2/c1-6(2)7-3-4-10-8(9)5-7/h7-8,10H,1,3-5,9H2,2H3. The van der Waals surface area contributed by atoms with E-state index >= 15 is 0 Å². The van der Waals surface area contributed by atoms with E-state index in [1.165, 1.54) is 12.0 Å². The van der Waals surface area contributed by atoms with Gasteiger partial charge in [0.2, 0.25) is 0 Å². The highest BCUT2D eigenvalue weighted by Crippen LogP contribution is 2.20. The molecule has 1 heterocycles. The first-order valence-corrected chi connectivity index (χ1v) is 3.84. The van der Waals surface area contributed by atoms with E-state index in [1.807, 2.05) is 0 Å². The van der Waals surface area contributed by atoms with E-state index in [2.05, 4.69) is 18.8 Å². The van der Waals surface area contributed by atoms with Crippen molar-refractivity contribution >= 4 is 0 Å². The Labute approximate surface area is 62.5 Å². The lowest BCUT2D eigenvalue weighted by atomic mass is 9.90. The fraction of sp³-hybridized carbons (Fsp3) is 0.750. The minimum Gasteiger partial charge on any atom is -0.316 e. The van der Waals surface area contributed by atoms with Gasteiger partial charge in [0.05, 0.1) is 6.17 Å². The highest BCUT2D eigenvalue weighted by molar-refractivity contribution is 4.98. The number of piperidine rings is 1. The van der Waals surface area contributed by atoms with Crippen molar-refractivity contribution in [2.24, 2.45) is 11.7 Å². The summed E-state index contributed by atoms with van der Waals surface area (Å²) in [4.78, 5) is 0. The maximum absolute atomic E-state index is 5.71. The Morgan fingerprint density at radius 3 is 2.80 bits per heavy atom. The Morgan fingerprint density at radius 1 is 1.70 bits per heavy atom. The van der Waals surface area contributed by atoms with Crippen LogP contribution in [0.3, 0.4) is 0 Å². The van der Waals surface area contributed by atoms with Crippen LogP contribution in [0.2, 0.25) is 0 Å². The fourth-order valence-corrected chi connectivity index (χ4v) is 1.40. The lowest BCUT2D eigenvalue weighted by molar-refractivity contribution is 0.340. The molecule has 0 amide bonds. The van der Waals surface area contributed by atoms with Gasteiger partial charge in [0.25, 0.3) is 0 Å². The third-order valence-corrected chi connectivity index (χ3v) is 2.13. The molecule has 0 radical (unpaired) electrons. The zero-order chi connectivity index (χ0) is 7.56. The van der Waals surface area contributed by atoms with Gasteiger partial charge in [0.1, 0.15) is 0 Å². The molecule has 0 aromatic carbocycles. The summed E-state index contributed by atoms with van der Waals surface area (Å²) in [6.45, 7) is 7.06. The second-order valence-electron chi connectivity index (χ2n) is 3.13. The van der Waals surface area contributed by atoms with Gasteiger partial charge in [-0.3, -0.25) is 0 Å². The molecule has 10 heavy (non-hydrogen) atoms. The Balaban J connectivity index is 2.39. The molecule has 0 saturated carbocycles. The molecular formula is C8H16N2. The predicted octanol–water partition coefficient (Wildman–Crippen LogP) is 0.847. The predicted molar refractivity (Wildman–Crippen MR) is 43.5 cm³/mol. The van der Waals surface area contributed by atoms with Crippen LogP contribution in [0, 0.1) is 5.92 Å². The Bertz CT molecular complexity index is 131. The van der Waals surface area contributed by atoms with E-state index in [1.54, 1.807) is 0 Å². The molecule has 2 unspecified atom stereocenters. The monoisotopic (exact) mass is 140 g/mol. The van der Waals surface area contributed by atoms with Gasteiger partial charge < -0.3 is 11.1 Å². The minimum atomic E-state index is 0.190. The van der Waals surface area contributed by atoms with Crippen LogP contribution in [0.1, 0.15) is 19.8 Å². The van der Waals surface area contributed by atoms with Crippen molar-refractivity contribution in [2.75, 3.05) is 6.54 Å². The topological polar surface area (TPSA) is 38.0 Å². The average Bonchev–Trinajstić information content (AvgIpc) is 1.88. The molecular weight excluding hydrogens is 124 g/mol. The van der Waals surface area contributed by atoms with Crippen LogP contribution >= 0.6 is 0 Å². The fourth-order valence-electron chi connectivity index (χ4n) is 1.40. The average molecular weight is 140 g/mol. The number of hydrogen-bond acceptors (Lipinski definition) is 2. The zero-order valence-corrected chi connectivity index (χ0v) is 6.56. The first kappa shape index (κ1) is 7.76. The summed E-state index contributed by atoms with van der Waals surface area (Å²) in [6.07, 6.45) is 2.44. The van der Waals surface area contributed by atoms with Crippen molar-refractivity contribution < 1.29 is 0 Å². The lowest BCUT2D eigenvalue weighted by Gasteiger charge is -2.27. The number of nitrogens with one attached hydrogen (secondary N) is 1. The molecule has 2 heteroatoms.